The highest BCUT2D eigenvalue weighted by molar-refractivity contribution is 5.82. The molecule has 0 saturated carbocycles. The van der Waals surface area contributed by atoms with Crippen LogP contribution < -0.4 is 0 Å². The Kier molecular flexibility index (Phi) is 10.4. The Morgan fingerprint density at radius 2 is 1.63 bits per heavy atom. The van der Waals surface area contributed by atoms with E-state index >= 15 is 0 Å². The van der Waals surface area contributed by atoms with Crippen LogP contribution in [0.25, 0.3) is 6.08 Å². The maximum atomic E-state index is 13.2. The third-order valence-corrected chi connectivity index (χ3v) is 7.69. The minimum Gasteiger partial charge on any atom is -0.466 e. The quantitative estimate of drug-likeness (QED) is 0.267. The van der Waals surface area contributed by atoms with Crippen LogP contribution in [-0.4, -0.2) is 49.6 Å². The molecule has 6 nitrogen and oxygen atoms in total. The van der Waals surface area contributed by atoms with Crippen LogP contribution in [0, 0.1) is 11.8 Å². The number of rotatable bonds is 3. The van der Waals surface area contributed by atoms with E-state index in [-0.39, 0.29) is 48.7 Å². The Morgan fingerprint density at radius 3 is 2.39 bits per heavy atom. The Bertz CT molecular complexity index is 1010. The Hall–Kier alpha value is -2.70. The molecule has 0 radical (unpaired) electrons. The minimum atomic E-state index is -0.404. The molecule has 2 fully saturated rings. The summed E-state index contributed by atoms with van der Waals surface area (Å²) in [6, 6.07) is 10.0. The van der Waals surface area contributed by atoms with Crippen molar-refractivity contribution in [3.63, 3.8) is 0 Å². The summed E-state index contributed by atoms with van der Waals surface area (Å²) >= 11 is 0. The average molecular weight is 523 g/mol. The van der Waals surface area contributed by atoms with E-state index < -0.39 is 6.10 Å². The molecule has 206 valence electrons. The van der Waals surface area contributed by atoms with Gasteiger partial charge < -0.3 is 18.9 Å². The Balaban J connectivity index is 1.57. The average Bonchev–Trinajstić information content (AvgIpc) is 2.89. The maximum Gasteiger partial charge on any atom is 0.330 e. The molecule has 0 aromatic heterocycles. The van der Waals surface area contributed by atoms with Crippen molar-refractivity contribution < 1.29 is 28.5 Å². The first-order chi connectivity index (χ1) is 18.4. The smallest absolute Gasteiger partial charge is 0.330 e. The van der Waals surface area contributed by atoms with E-state index in [0.717, 1.165) is 43.2 Å². The number of hydrogen-bond acceptors (Lipinski definition) is 6. The molecule has 7 atom stereocenters. The molecule has 3 aliphatic rings. The van der Waals surface area contributed by atoms with Crippen molar-refractivity contribution >= 4 is 18.0 Å². The second-order valence-electron chi connectivity index (χ2n) is 11.0. The van der Waals surface area contributed by atoms with Gasteiger partial charge in [-0.25, -0.2) is 4.79 Å². The van der Waals surface area contributed by atoms with Crippen LogP contribution in [0.4, 0.5) is 0 Å². The molecule has 0 N–H and O–H groups in total. The van der Waals surface area contributed by atoms with Gasteiger partial charge >= 0.3 is 11.9 Å². The fourth-order valence-electron chi connectivity index (χ4n) is 5.71. The van der Waals surface area contributed by atoms with Gasteiger partial charge in [-0.3, -0.25) is 4.79 Å². The highest BCUT2D eigenvalue weighted by atomic mass is 16.6. The number of allylic oxidation sites excluding steroid dienone is 1. The van der Waals surface area contributed by atoms with Crippen molar-refractivity contribution in [2.45, 2.75) is 95.7 Å². The van der Waals surface area contributed by atoms with Gasteiger partial charge in [-0.05, 0) is 56.1 Å². The van der Waals surface area contributed by atoms with Gasteiger partial charge in [-0.2, -0.15) is 0 Å². The van der Waals surface area contributed by atoms with Crippen molar-refractivity contribution in [1.82, 2.24) is 0 Å². The SMILES string of the molecule is COC(=O)/C=C1\CC2CC(=O)OC(/C=C/c3ccccc3)C(C)/C=C/[C@H](C)CC3CCCC(CC(C1)O2)O3. The van der Waals surface area contributed by atoms with Gasteiger partial charge in [-0.1, -0.05) is 68.0 Å². The molecular weight excluding hydrogens is 480 g/mol. The van der Waals surface area contributed by atoms with E-state index in [1.54, 1.807) is 6.08 Å². The van der Waals surface area contributed by atoms with Gasteiger partial charge in [-0.15, -0.1) is 0 Å². The third kappa shape index (κ3) is 8.67. The predicted octanol–water partition coefficient (Wildman–Crippen LogP) is 6.21. The molecule has 38 heavy (non-hydrogen) atoms. The summed E-state index contributed by atoms with van der Waals surface area (Å²) in [5.74, 6) is -0.318. The van der Waals surface area contributed by atoms with Crippen LogP contribution in [0.3, 0.4) is 0 Å². The standard InChI is InChI=1S/C32H42O6/c1-22-12-13-23(2)30(15-14-24-8-5-4-6-9-24)38-32(34)21-29-18-25(19-31(33)35-3)17-28(37-29)20-27-11-7-10-26(16-22)36-27/h4-6,8-9,12-15,19,22-23,26-30H,7,10-11,16-18,20-21H2,1-3H3/b13-12+,15-14+,25-19-/t22-,23?,26?,27?,28?,29?,30?/m0/s1. The molecule has 4 rings (SSSR count). The fraction of sp³-hybridized carbons (Fsp3) is 0.562. The summed E-state index contributed by atoms with van der Waals surface area (Å²) in [7, 11) is 1.38. The van der Waals surface area contributed by atoms with E-state index in [1.165, 1.54) is 7.11 Å². The molecule has 3 heterocycles. The summed E-state index contributed by atoms with van der Waals surface area (Å²) in [5, 5.41) is 0. The second kappa shape index (κ2) is 13.9. The van der Waals surface area contributed by atoms with Gasteiger partial charge in [0.25, 0.3) is 0 Å². The first kappa shape index (κ1) is 28.3. The van der Waals surface area contributed by atoms with Crippen molar-refractivity contribution in [2.24, 2.45) is 11.8 Å². The van der Waals surface area contributed by atoms with Gasteiger partial charge in [0.05, 0.1) is 37.9 Å². The van der Waals surface area contributed by atoms with Gasteiger partial charge in [0, 0.05) is 18.4 Å². The predicted molar refractivity (Wildman–Crippen MR) is 147 cm³/mol. The van der Waals surface area contributed by atoms with E-state index in [0.29, 0.717) is 18.8 Å². The molecule has 0 amide bonds. The van der Waals surface area contributed by atoms with Crippen LogP contribution >= 0.6 is 0 Å². The zero-order valence-corrected chi connectivity index (χ0v) is 22.9. The normalized spacial score (nSPS) is 35.0. The first-order valence-corrected chi connectivity index (χ1v) is 14.1. The molecule has 1 aromatic rings. The fourth-order valence-corrected chi connectivity index (χ4v) is 5.71. The monoisotopic (exact) mass is 522 g/mol. The minimum absolute atomic E-state index is 0.00379. The number of carbonyl (C=O) groups excluding carboxylic acids is 2. The molecular formula is C32H42O6. The number of carbonyl (C=O) groups is 2. The van der Waals surface area contributed by atoms with Crippen molar-refractivity contribution in [1.29, 1.82) is 0 Å². The number of cyclic esters (lactones) is 1. The van der Waals surface area contributed by atoms with Crippen molar-refractivity contribution in [2.75, 3.05) is 7.11 Å². The maximum absolute atomic E-state index is 13.2. The molecule has 6 heteroatoms. The van der Waals surface area contributed by atoms with E-state index in [1.807, 2.05) is 42.5 Å². The second-order valence-corrected chi connectivity index (χ2v) is 11.0. The van der Waals surface area contributed by atoms with Gasteiger partial charge in [0.2, 0.25) is 0 Å². The van der Waals surface area contributed by atoms with Crippen molar-refractivity contribution in [3.8, 4) is 0 Å². The van der Waals surface area contributed by atoms with E-state index in [9.17, 15) is 9.59 Å². The third-order valence-electron chi connectivity index (χ3n) is 7.69. The molecule has 0 spiro atoms. The summed E-state index contributed by atoms with van der Waals surface area (Å²) in [5.41, 5.74) is 2.00. The molecule has 6 unspecified atom stereocenters. The largest absolute Gasteiger partial charge is 0.466 e. The number of methoxy groups -OCH3 is 1. The molecule has 1 aromatic carbocycles. The number of fused-ring (bicyclic) bond motifs is 4. The highest BCUT2D eigenvalue weighted by Gasteiger charge is 2.33. The zero-order chi connectivity index (χ0) is 26.9. The van der Waals surface area contributed by atoms with E-state index in [2.05, 4.69) is 26.0 Å². The Morgan fingerprint density at radius 1 is 0.921 bits per heavy atom. The van der Waals surface area contributed by atoms with E-state index in [4.69, 9.17) is 18.9 Å². The lowest BCUT2D eigenvalue weighted by Crippen LogP contribution is -2.37. The van der Waals surface area contributed by atoms with Crippen LogP contribution in [0.5, 0.6) is 0 Å². The van der Waals surface area contributed by atoms with Gasteiger partial charge in [0.1, 0.15) is 6.10 Å². The van der Waals surface area contributed by atoms with Gasteiger partial charge in [0.15, 0.2) is 0 Å². The lowest BCUT2D eigenvalue weighted by Gasteiger charge is -2.37. The number of esters is 2. The molecule has 0 aliphatic carbocycles. The lowest BCUT2D eigenvalue weighted by molar-refractivity contribution is -0.154. The van der Waals surface area contributed by atoms with Crippen LogP contribution in [0.2, 0.25) is 0 Å². The van der Waals surface area contributed by atoms with Crippen LogP contribution in [0.15, 0.2) is 60.2 Å². The van der Waals surface area contributed by atoms with Crippen LogP contribution in [-0.2, 0) is 28.5 Å². The summed E-state index contributed by atoms with van der Waals surface area (Å²) in [6.45, 7) is 4.30. The summed E-state index contributed by atoms with van der Waals surface area (Å²) in [4.78, 5) is 25.2. The summed E-state index contributed by atoms with van der Waals surface area (Å²) in [6.07, 6.45) is 15.6. The topological polar surface area (TPSA) is 71.1 Å². The highest BCUT2D eigenvalue weighted by Crippen LogP contribution is 2.33. The zero-order valence-electron chi connectivity index (χ0n) is 22.9. The number of benzene rings is 1. The Labute approximate surface area is 227 Å². The number of hydrogen-bond donors (Lipinski definition) is 0. The molecule has 4 bridgehead atoms. The molecule has 3 aliphatic heterocycles. The lowest BCUT2D eigenvalue weighted by atomic mass is 9.89. The molecule has 2 saturated heterocycles. The van der Waals surface area contributed by atoms with Crippen molar-refractivity contribution in [3.05, 3.63) is 65.8 Å². The summed E-state index contributed by atoms with van der Waals surface area (Å²) < 4.78 is 23.8. The van der Waals surface area contributed by atoms with Crippen LogP contribution in [0.1, 0.15) is 70.8 Å². The first-order valence-electron chi connectivity index (χ1n) is 14.1. The number of ether oxygens (including phenoxy) is 4.